The van der Waals surface area contributed by atoms with E-state index in [-0.39, 0.29) is 5.91 Å². The quantitative estimate of drug-likeness (QED) is 0.710. The largest absolute Gasteiger partial charge is 0.341 e. The number of rotatable bonds is 5. The normalized spacial score (nSPS) is 10.6. The van der Waals surface area contributed by atoms with Crippen molar-refractivity contribution >= 4 is 17.5 Å². The molecule has 0 aliphatic carbocycles. The van der Waals surface area contributed by atoms with E-state index in [2.05, 4.69) is 5.10 Å². The summed E-state index contributed by atoms with van der Waals surface area (Å²) < 4.78 is 1.80. The van der Waals surface area contributed by atoms with E-state index in [1.54, 1.807) is 27.9 Å². The zero-order valence-corrected chi connectivity index (χ0v) is 14.1. The second kappa shape index (κ2) is 7.32. The van der Waals surface area contributed by atoms with Gasteiger partial charge in [-0.05, 0) is 41.5 Å². The lowest BCUT2D eigenvalue weighted by Crippen LogP contribution is -2.27. The SMILES string of the molecule is CN(Cc1ccc(-n2cccn2)cc1)C(=O)Cc1ccc(Cl)cc1. The highest BCUT2D eigenvalue weighted by atomic mass is 35.5. The van der Waals surface area contributed by atoms with Crippen LogP contribution < -0.4 is 0 Å². The Morgan fingerprint density at radius 3 is 2.38 bits per heavy atom. The van der Waals surface area contributed by atoms with Crippen LogP contribution in [0.5, 0.6) is 0 Å². The van der Waals surface area contributed by atoms with Crippen molar-refractivity contribution in [1.82, 2.24) is 14.7 Å². The Morgan fingerprint density at radius 1 is 1.08 bits per heavy atom. The van der Waals surface area contributed by atoms with Gasteiger partial charge in [-0.1, -0.05) is 35.9 Å². The van der Waals surface area contributed by atoms with Gasteiger partial charge in [0.05, 0.1) is 12.1 Å². The molecular weight excluding hydrogens is 322 g/mol. The zero-order valence-electron chi connectivity index (χ0n) is 13.4. The van der Waals surface area contributed by atoms with Crippen molar-refractivity contribution in [2.75, 3.05) is 7.05 Å². The molecule has 0 bridgehead atoms. The van der Waals surface area contributed by atoms with Crippen LogP contribution in [0.4, 0.5) is 0 Å². The average molecular weight is 340 g/mol. The van der Waals surface area contributed by atoms with Crippen LogP contribution >= 0.6 is 11.6 Å². The van der Waals surface area contributed by atoms with Gasteiger partial charge >= 0.3 is 0 Å². The van der Waals surface area contributed by atoms with E-state index in [1.807, 2.05) is 55.7 Å². The second-order valence-corrected chi connectivity index (χ2v) is 6.11. The number of hydrogen-bond acceptors (Lipinski definition) is 2. The van der Waals surface area contributed by atoms with Crippen molar-refractivity contribution < 1.29 is 4.79 Å². The Hall–Kier alpha value is -2.59. The third-order valence-corrected chi connectivity index (χ3v) is 4.07. The number of amides is 1. The maximum atomic E-state index is 12.3. The molecule has 1 aromatic heterocycles. The first-order valence-electron chi connectivity index (χ1n) is 7.69. The first-order valence-corrected chi connectivity index (χ1v) is 8.07. The van der Waals surface area contributed by atoms with Crippen LogP contribution in [0.1, 0.15) is 11.1 Å². The van der Waals surface area contributed by atoms with Crippen LogP contribution in [-0.4, -0.2) is 27.6 Å². The van der Waals surface area contributed by atoms with Crippen molar-refractivity contribution in [2.45, 2.75) is 13.0 Å². The summed E-state index contributed by atoms with van der Waals surface area (Å²) in [6.45, 7) is 0.575. The van der Waals surface area contributed by atoms with Gasteiger partial charge < -0.3 is 4.90 Å². The molecule has 0 fully saturated rings. The Morgan fingerprint density at radius 2 is 1.75 bits per heavy atom. The molecule has 4 nitrogen and oxygen atoms in total. The van der Waals surface area contributed by atoms with Gasteiger partial charge in [0.2, 0.25) is 5.91 Å². The van der Waals surface area contributed by atoms with Gasteiger partial charge in [-0.15, -0.1) is 0 Å². The smallest absolute Gasteiger partial charge is 0.227 e. The maximum absolute atomic E-state index is 12.3. The van der Waals surface area contributed by atoms with Crippen LogP contribution in [0.25, 0.3) is 5.69 Å². The van der Waals surface area contributed by atoms with Crippen molar-refractivity contribution in [3.8, 4) is 5.69 Å². The molecule has 3 rings (SSSR count). The van der Waals surface area contributed by atoms with E-state index in [0.29, 0.717) is 18.0 Å². The lowest BCUT2D eigenvalue weighted by Gasteiger charge is -2.17. The van der Waals surface area contributed by atoms with Gasteiger partial charge in [0.25, 0.3) is 0 Å². The van der Waals surface area contributed by atoms with Gasteiger partial charge in [0.15, 0.2) is 0 Å². The minimum Gasteiger partial charge on any atom is -0.341 e. The molecule has 122 valence electrons. The number of hydrogen-bond donors (Lipinski definition) is 0. The van der Waals surface area contributed by atoms with Crippen LogP contribution in [0.2, 0.25) is 5.02 Å². The highest BCUT2D eigenvalue weighted by Gasteiger charge is 2.10. The van der Waals surface area contributed by atoms with Crippen LogP contribution in [0.15, 0.2) is 67.0 Å². The fourth-order valence-electron chi connectivity index (χ4n) is 2.45. The summed E-state index contributed by atoms with van der Waals surface area (Å²) in [4.78, 5) is 14.1. The van der Waals surface area contributed by atoms with Gasteiger partial charge in [-0.3, -0.25) is 4.79 Å². The highest BCUT2D eigenvalue weighted by molar-refractivity contribution is 6.30. The predicted molar refractivity (Wildman–Crippen MR) is 95.2 cm³/mol. The van der Waals surface area contributed by atoms with E-state index in [0.717, 1.165) is 16.8 Å². The molecule has 1 amide bonds. The number of aromatic nitrogens is 2. The molecule has 24 heavy (non-hydrogen) atoms. The van der Waals surface area contributed by atoms with Gasteiger partial charge in [-0.25, -0.2) is 4.68 Å². The minimum absolute atomic E-state index is 0.0773. The molecule has 1 heterocycles. The van der Waals surface area contributed by atoms with Crippen molar-refractivity contribution in [3.05, 3.63) is 83.1 Å². The number of carbonyl (C=O) groups is 1. The summed E-state index contributed by atoms with van der Waals surface area (Å²) in [5, 5.41) is 4.88. The van der Waals surface area contributed by atoms with Crippen LogP contribution in [-0.2, 0) is 17.8 Å². The third kappa shape index (κ3) is 4.03. The van der Waals surface area contributed by atoms with E-state index in [9.17, 15) is 4.79 Å². The number of nitrogens with zero attached hydrogens (tertiary/aromatic N) is 3. The Kier molecular flexibility index (Phi) is 4.96. The predicted octanol–water partition coefficient (Wildman–Crippen LogP) is 3.73. The first kappa shape index (κ1) is 16.3. The Balaban J connectivity index is 1.60. The van der Waals surface area contributed by atoms with Crippen LogP contribution in [0.3, 0.4) is 0 Å². The molecule has 0 radical (unpaired) electrons. The van der Waals surface area contributed by atoms with Gasteiger partial charge in [0, 0.05) is 31.0 Å². The monoisotopic (exact) mass is 339 g/mol. The van der Waals surface area contributed by atoms with Gasteiger partial charge in [-0.2, -0.15) is 5.10 Å². The molecule has 0 spiro atoms. The highest BCUT2D eigenvalue weighted by Crippen LogP contribution is 2.13. The summed E-state index contributed by atoms with van der Waals surface area (Å²) in [6.07, 6.45) is 4.02. The molecule has 2 aromatic carbocycles. The second-order valence-electron chi connectivity index (χ2n) is 5.67. The fourth-order valence-corrected chi connectivity index (χ4v) is 2.58. The summed E-state index contributed by atoms with van der Waals surface area (Å²) in [5.74, 6) is 0.0773. The number of likely N-dealkylation sites (N-methyl/N-ethyl adjacent to an activating group) is 1. The molecular formula is C19H18ClN3O. The maximum Gasteiger partial charge on any atom is 0.227 e. The summed E-state index contributed by atoms with van der Waals surface area (Å²) >= 11 is 5.87. The molecule has 0 saturated carbocycles. The van der Waals surface area contributed by atoms with Crippen molar-refractivity contribution in [2.24, 2.45) is 0 Å². The molecule has 0 unspecified atom stereocenters. The van der Waals surface area contributed by atoms with Crippen molar-refractivity contribution in [1.29, 1.82) is 0 Å². The van der Waals surface area contributed by atoms with E-state index < -0.39 is 0 Å². The Bertz CT molecular complexity index is 796. The van der Waals surface area contributed by atoms with Gasteiger partial charge in [0.1, 0.15) is 0 Å². The molecule has 0 aliphatic heterocycles. The third-order valence-electron chi connectivity index (χ3n) is 3.82. The van der Waals surface area contributed by atoms with Crippen LogP contribution in [0, 0.1) is 0 Å². The molecule has 3 aromatic rings. The molecule has 0 atom stereocenters. The molecule has 5 heteroatoms. The van der Waals surface area contributed by atoms with E-state index in [1.165, 1.54) is 0 Å². The lowest BCUT2D eigenvalue weighted by molar-refractivity contribution is -0.129. The molecule has 0 aliphatic rings. The minimum atomic E-state index is 0.0773. The van der Waals surface area contributed by atoms with Crippen molar-refractivity contribution in [3.63, 3.8) is 0 Å². The summed E-state index contributed by atoms with van der Waals surface area (Å²) in [6, 6.07) is 17.3. The lowest BCUT2D eigenvalue weighted by atomic mass is 10.1. The van der Waals surface area contributed by atoms with E-state index >= 15 is 0 Å². The zero-order chi connectivity index (χ0) is 16.9. The summed E-state index contributed by atoms with van der Waals surface area (Å²) in [5.41, 5.74) is 3.04. The molecule has 0 saturated heterocycles. The number of halogens is 1. The summed E-state index contributed by atoms with van der Waals surface area (Å²) in [7, 11) is 1.82. The fraction of sp³-hybridized carbons (Fsp3) is 0.158. The topological polar surface area (TPSA) is 38.1 Å². The average Bonchev–Trinajstić information content (AvgIpc) is 3.12. The van der Waals surface area contributed by atoms with E-state index in [4.69, 9.17) is 11.6 Å². The first-order chi connectivity index (χ1) is 11.6. The Labute approximate surface area is 146 Å². The number of carbonyl (C=O) groups excluding carboxylic acids is 1. The standard InChI is InChI=1S/C19H18ClN3O/c1-22(19(24)13-15-3-7-17(20)8-4-15)14-16-5-9-18(10-6-16)23-12-2-11-21-23/h2-12H,13-14H2,1H3. The molecule has 0 N–H and O–H groups in total. The number of benzene rings is 2.